The first-order chi connectivity index (χ1) is 10.9. The second-order valence-corrected chi connectivity index (χ2v) is 6.38. The summed E-state index contributed by atoms with van der Waals surface area (Å²) >= 11 is 0. The summed E-state index contributed by atoms with van der Waals surface area (Å²) in [5, 5.41) is 2.82. The molecule has 1 amide bonds. The van der Waals surface area contributed by atoms with E-state index in [4.69, 9.17) is 0 Å². The smallest absolute Gasteiger partial charge is 0.263 e. The van der Waals surface area contributed by atoms with Crippen molar-refractivity contribution in [1.82, 2.24) is 4.57 Å². The lowest BCUT2D eigenvalue weighted by Crippen LogP contribution is -2.30. The molecule has 1 aromatic heterocycles. The minimum Gasteiger partial charge on any atom is -0.322 e. The molecule has 0 unspecified atom stereocenters. The third-order valence-electron chi connectivity index (χ3n) is 3.82. The van der Waals surface area contributed by atoms with Gasteiger partial charge >= 0.3 is 0 Å². The van der Waals surface area contributed by atoms with Gasteiger partial charge in [-0.3, -0.25) is 9.59 Å². The van der Waals surface area contributed by atoms with Crippen LogP contribution in [0.3, 0.4) is 0 Å². The molecule has 0 fully saturated rings. The van der Waals surface area contributed by atoms with Gasteiger partial charge in [-0.05, 0) is 55.5 Å². The molecule has 0 atom stereocenters. The Morgan fingerprint density at radius 3 is 2.61 bits per heavy atom. The van der Waals surface area contributed by atoms with Crippen LogP contribution in [0.25, 0.3) is 0 Å². The average molecular weight is 312 g/mol. The first-order valence-electron chi connectivity index (χ1n) is 7.96. The van der Waals surface area contributed by atoms with Gasteiger partial charge in [0.1, 0.15) is 5.56 Å². The Morgan fingerprint density at radius 1 is 1.22 bits per heavy atom. The molecule has 23 heavy (non-hydrogen) atoms. The predicted molar refractivity (Wildman–Crippen MR) is 94.0 cm³/mol. The van der Waals surface area contributed by atoms with Crippen molar-refractivity contribution in [2.24, 2.45) is 5.92 Å². The van der Waals surface area contributed by atoms with E-state index < -0.39 is 0 Å². The minimum absolute atomic E-state index is 0.220. The summed E-state index contributed by atoms with van der Waals surface area (Å²) in [4.78, 5) is 25.1. The predicted octanol–water partition coefficient (Wildman–Crippen LogP) is 3.76. The van der Waals surface area contributed by atoms with E-state index in [1.807, 2.05) is 37.3 Å². The van der Waals surface area contributed by atoms with Gasteiger partial charge in [0.15, 0.2) is 0 Å². The summed E-state index contributed by atoms with van der Waals surface area (Å²) in [6.07, 6.45) is 2.67. The van der Waals surface area contributed by atoms with Crippen LogP contribution in [0.4, 0.5) is 5.69 Å². The molecule has 0 aliphatic heterocycles. The highest BCUT2D eigenvalue weighted by Crippen LogP contribution is 2.12. The number of hydrogen-bond acceptors (Lipinski definition) is 2. The van der Waals surface area contributed by atoms with Crippen LogP contribution < -0.4 is 10.9 Å². The zero-order valence-corrected chi connectivity index (χ0v) is 14.2. The van der Waals surface area contributed by atoms with E-state index >= 15 is 0 Å². The largest absolute Gasteiger partial charge is 0.322 e. The highest BCUT2D eigenvalue weighted by atomic mass is 16.2. The zero-order chi connectivity index (χ0) is 17.0. The number of nitrogens with one attached hydrogen (secondary N) is 1. The second kappa shape index (κ2) is 7.27. The quantitative estimate of drug-likeness (QED) is 0.914. The van der Waals surface area contributed by atoms with Gasteiger partial charge in [-0.2, -0.15) is 0 Å². The van der Waals surface area contributed by atoms with Crippen LogP contribution in [0.5, 0.6) is 0 Å². The van der Waals surface area contributed by atoms with Gasteiger partial charge < -0.3 is 9.88 Å². The third kappa shape index (κ3) is 4.31. The van der Waals surface area contributed by atoms with E-state index in [-0.39, 0.29) is 17.0 Å². The van der Waals surface area contributed by atoms with E-state index in [0.29, 0.717) is 23.7 Å². The number of aryl methyl sites for hydroxylation is 3. The molecular weight excluding hydrogens is 288 g/mol. The van der Waals surface area contributed by atoms with Crippen LogP contribution in [0.1, 0.15) is 41.8 Å². The van der Waals surface area contributed by atoms with Crippen molar-refractivity contribution in [3.05, 3.63) is 63.6 Å². The number of hydrogen-bond donors (Lipinski definition) is 1. The van der Waals surface area contributed by atoms with Crippen molar-refractivity contribution < 1.29 is 4.79 Å². The SMILES string of the molecule is Cc1cccc(NC(=O)c2c(C)ccn(CCC(C)C)c2=O)c1. The van der Waals surface area contributed by atoms with Crippen LogP contribution in [0.2, 0.25) is 0 Å². The lowest BCUT2D eigenvalue weighted by atomic mass is 10.1. The number of amides is 1. The molecule has 122 valence electrons. The maximum Gasteiger partial charge on any atom is 0.263 e. The fourth-order valence-corrected chi connectivity index (χ4v) is 2.43. The van der Waals surface area contributed by atoms with Crippen LogP contribution in [-0.4, -0.2) is 10.5 Å². The summed E-state index contributed by atoms with van der Waals surface area (Å²) < 4.78 is 1.62. The summed E-state index contributed by atoms with van der Waals surface area (Å²) in [5.41, 5.74) is 2.45. The number of nitrogens with zero attached hydrogens (tertiary/aromatic N) is 1. The van der Waals surface area contributed by atoms with Crippen molar-refractivity contribution in [3.63, 3.8) is 0 Å². The molecule has 2 rings (SSSR count). The maximum absolute atomic E-state index is 12.6. The van der Waals surface area contributed by atoms with Crippen molar-refractivity contribution >= 4 is 11.6 Å². The number of anilines is 1. The molecule has 0 aliphatic rings. The minimum atomic E-state index is -0.350. The average Bonchev–Trinajstić information content (AvgIpc) is 2.46. The lowest BCUT2D eigenvalue weighted by molar-refractivity contribution is 0.102. The molecule has 1 heterocycles. The number of aromatic nitrogens is 1. The monoisotopic (exact) mass is 312 g/mol. The molecule has 2 aromatic rings. The van der Waals surface area contributed by atoms with Gasteiger partial charge in [-0.1, -0.05) is 26.0 Å². The van der Waals surface area contributed by atoms with Gasteiger partial charge in [-0.25, -0.2) is 0 Å². The van der Waals surface area contributed by atoms with Crippen LogP contribution in [0.15, 0.2) is 41.3 Å². The molecule has 1 aromatic carbocycles. The van der Waals surface area contributed by atoms with Gasteiger partial charge in [0.05, 0.1) is 0 Å². The normalized spacial score (nSPS) is 10.8. The molecule has 0 bridgehead atoms. The Morgan fingerprint density at radius 2 is 1.96 bits per heavy atom. The van der Waals surface area contributed by atoms with E-state index in [1.54, 1.807) is 17.7 Å². The summed E-state index contributed by atoms with van der Waals surface area (Å²) in [5.74, 6) is 0.157. The lowest BCUT2D eigenvalue weighted by Gasteiger charge is -2.12. The molecule has 4 heteroatoms. The topological polar surface area (TPSA) is 51.1 Å². The Balaban J connectivity index is 2.29. The standard InChI is InChI=1S/C19H24N2O2/c1-13(2)8-10-21-11-9-15(4)17(19(21)23)18(22)20-16-7-5-6-14(3)12-16/h5-7,9,11-13H,8,10H2,1-4H3,(H,20,22). The first kappa shape index (κ1) is 17.0. The summed E-state index contributed by atoms with van der Waals surface area (Å²) in [6.45, 7) is 8.61. The van der Waals surface area contributed by atoms with Gasteiger partial charge in [0, 0.05) is 18.4 Å². The van der Waals surface area contributed by atoms with Crippen LogP contribution >= 0.6 is 0 Å². The van der Waals surface area contributed by atoms with Gasteiger partial charge in [0.25, 0.3) is 11.5 Å². The molecule has 0 saturated carbocycles. The molecule has 0 radical (unpaired) electrons. The Labute approximate surface area is 137 Å². The second-order valence-electron chi connectivity index (χ2n) is 6.38. The number of pyridine rings is 1. The molecule has 4 nitrogen and oxygen atoms in total. The van der Waals surface area contributed by atoms with Gasteiger partial charge in [0.2, 0.25) is 0 Å². The highest BCUT2D eigenvalue weighted by molar-refractivity contribution is 6.05. The van der Waals surface area contributed by atoms with Crippen molar-refractivity contribution in [1.29, 1.82) is 0 Å². The molecule has 0 saturated heterocycles. The Kier molecular flexibility index (Phi) is 5.37. The number of carbonyl (C=O) groups is 1. The number of rotatable bonds is 5. The van der Waals surface area contributed by atoms with Crippen LogP contribution in [-0.2, 0) is 6.54 Å². The van der Waals surface area contributed by atoms with E-state index in [0.717, 1.165) is 12.0 Å². The Hall–Kier alpha value is -2.36. The molecular formula is C19H24N2O2. The van der Waals surface area contributed by atoms with E-state index in [1.165, 1.54) is 0 Å². The maximum atomic E-state index is 12.6. The summed E-state index contributed by atoms with van der Waals surface area (Å²) in [6, 6.07) is 9.37. The summed E-state index contributed by atoms with van der Waals surface area (Å²) in [7, 11) is 0. The number of benzene rings is 1. The first-order valence-corrected chi connectivity index (χ1v) is 7.96. The highest BCUT2D eigenvalue weighted by Gasteiger charge is 2.16. The molecule has 0 aliphatic carbocycles. The van der Waals surface area contributed by atoms with Crippen molar-refractivity contribution in [2.45, 2.75) is 40.7 Å². The Bertz CT molecular complexity index is 760. The fraction of sp³-hybridized carbons (Fsp3) is 0.368. The van der Waals surface area contributed by atoms with E-state index in [2.05, 4.69) is 19.2 Å². The number of carbonyl (C=O) groups excluding carboxylic acids is 1. The van der Waals surface area contributed by atoms with Crippen molar-refractivity contribution in [2.75, 3.05) is 5.32 Å². The molecule has 0 spiro atoms. The third-order valence-corrected chi connectivity index (χ3v) is 3.82. The molecule has 1 N–H and O–H groups in total. The zero-order valence-electron chi connectivity index (χ0n) is 14.2. The van der Waals surface area contributed by atoms with Gasteiger partial charge in [-0.15, -0.1) is 0 Å². The van der Waals surface area contributed by atoms with Crippen LogP contribution in [0, 0.1) is 19.8 Å². The van der Waals surface area contributed by atoms with Crippen molar-refractivity contribution in [3.8, 4) is 0 Å². The fourth-order valence-electron chi connectivity index (χ4n) is 2.43. The van der Waals surface area contributed by atoms with E-state index in [9.17, 15) is 9.59 Å².